The number of aromatic amines is 1. The van der Waals surface area contributed by atoms with Crippen LogP contribution >= 0.6 is 0 Å². The molecule has 1 aromatic heterocycles. The van der Waals surface area contributed by atoms with Crippen LogP contribution in [0.2, 0.25) is 0 Å². The van der Waals surface area contributed by atoms with E-state index in [9.17, 15) is 0 Å². The van der Waals surface area contributed by atoms with Crippen LogP contribution in [0, 0.1) is 10.8 Å². The summed E-state index contributed by atoms with van der Waals surface area (Å²) in [5.41, 5.74) is 11.9. The van der Waals surface area contributed by atoms with Crippen molar-refractivity contribution >= 4 is 34.2 Å². The van der Waals surface area contributed by atoms with Crippen molar-refractivity contribution < 1.29 is 10.0 Å². The third-order valence-corrected chi connectivity index (χ3v) is 6.67. The summed E-state index contributed by atoms with van der Waals surface area (Å²) >= 11 is 0. The molecule has 4 aromatic carbocycles. The Morgan fingerprint density at radius 1 is 0.842 bits per heavy atom. The Morgan fingerprint density at radius 3 is 2.24 bits per heavy atom. The van der Waals surface area contributed by atoms with E-state index in [1.807, 2.05) is 35.8 Å². The molecule has 6 rings (SSSR count). The quantitative estimate of drug-likeness (QED) is 0.112. The molecule has 1 aliphatic rings. The molecular formula is C29H23N7O2. The van der Waals surface area contributed by atoms with E-state index in [0.717, 1.165) is 62.5 Å². The Balaban J connectivity index is 1.26. The van der Waals surface area contributed by atoms with Crippen molar-refractivity contribution in [3.8, 4) is 22.5 Å². The van der Waals surface area contributed by atoms with E-state index in [1.54, 1.807) is 24.3 Å². The maximum atomic E-state index is 8.94. The van der Waals surface area contributed by atoms with E-state index < -0.39 is 0 Å². The Bertz CT molecular complexity index is 1740. The molecule has 0 radical (unpaired) electrons. The summed E-state index contributed by atoms with van der Waals surface area (Å²) < 4.78 is 0. The van der Waals surface area contributed by atoms with Crippen molar-refractivity contribution in [3.05, 3.63) is 107 Å². The first-order valence-corrected chi connectivity index (χ1v) is 11.9. The number of nitrogens with zero attached hydrogens (tertiary/aromatic N) is 2. The summed E-state index contributed by atoms with van der Waals surface area (Å²) in [4.78, 5) is 17.5. The van der Waals surface area contributed by atoms with Crippen molar-refractivity contribution in [1.29, 1.82) is 10.8 Å². The molecule has 9 heteroatoms. The van der Waals surface area contributed by atoms with Gasteiger partial charge in [-0.1, -0.05) is 54.6 Å². The molecule has 0 aliphatic carbocycles. The first kappa shape index (κ1) is 23.3. The number of fused-ring (bicyclic) bond motifs is 2. The fourth-order valence-corrected chi connectivity index (χ4v) is 4.59. The third kappa shape index (κ3) is 4.21. The number of hydrogen-bond donors (Lipinski definition) is 6. The number of nitrogens with two attached hydrogens (primary N) is 1. The van der Waals surface area contributed by atoms with Crippen LogP contribution in [0.4, 0.5) is 5.69 Å². The van der Waals surface area contributed by atoms with Gasteiger partial charge < -0.3 is 9.82 Å². The average Bonchev–Trinajstić information content (AvgIpc) is 3.60. The summed E-state index contributed by atoms with van der Waals surface area (Å²) in [7, 11) is 0. The highest BCUT2D eigenvalue weighted by molar-refractivity contribution is 6.07. The van der Waals surface area contributed by atoms with Gasteiger partial charge in [-0.05, 0) is 52.6 Å². The van der Waals surface area contributed by atoms with Gasteiger partial charge in [-0.3, -0.25) is 26.5 Å². The van der Waals surface area contributed by atoms with E-state index in [0.29, 0.717) is 11.1 Å². The average molecular weight is 502 g/mol. The molecule has 38 heavy (non-hydrogen) atoms. The molecular weight excluding hydrogens is 478 g/mol. The highest BCUT2D eigenvalue weighted by atomic mass is 16.6. The first-order valence-electron chi connectivity index (χ1n) is 11.9. The third-order valence-electron chi connectivity index (χ3n) is 6.67. The summed E-state index contributed by atoms with van der Waals surface area (Å²) in [6.07, 6.45) is 0.738. The summed E-state index contributed by atoms with van der Waals surface area (Å²) in [5, 5.41) is 24.3. The van der Waals surface area contributed by atoms with Crippen LogP contribution in [-0.2, 0) is 11.3 Å². The van der Waals surface area contributed by atoms with Gasteiger partial charge in [0, 0.05) is 23.1 Å². The SMILES string of the molecule is N=C(NO)c1ccc(C2=Nc3cc(-c4ccc5[nH]c(-c6ccc(C(=N)ON)cc6)nc5c4)ccc3C2)cc1. The molecule has 2 heterocycles. The number of benzene rings is 4. The number of hydrogen-bond acceptors (Lipinski definition) is 7. The van der Waals surface area contributed by atoms with Gasteiger partial charge in [0.1, 0.15) is 11.7 Å². The number of rotatable bonds is 5. The molecule has 0 saturated heterocycles. The standard InChI is InChI=1S/C29H23N7O2/c30-27(36-37)17-3-1-16(2-4-17)24-15-22-10-9-20(13-25(22)33-24)21-11-12-23-26(14-21)35-29(34-23)19-7-5-18(6-8-19)28(31)38-32/h1-14,31,37H,15,32H2,(H2,30,36)(H,34,35). The van der Waals surface area contributed by atoms with E-state index >= 15 is 0 Å². The number of aliphatic imine (C=N–C) groups is 1. The number of hydroxylamine groups is 1. The maximum Gasteiger partial charge on any atom is 0.237 e. The number of nitrogens with one attached hydrogen (secondary N) is 4. The Morgan fingerprint density at radius 2 is 1.50 bits per heavy atom. The van der Waals surface area contributed by atoms with E-state index in [-0.39, 0.29) is 11.7 Å². The molecule has 0 bridgehead atoms. The summed E-state index contributed by atoms with van der Waals surface area (Å²) in [6, 6.07) is 27.2. The molecule has 186 valence electrons. The molecule has 0 saturated carbocycles. The molecule has 9 nitrogen and oxygen atoms in total. The van der Waals surface area contributed by atoms with Gasteiger partial charge >= 0.3 is 0 Å². The molecule has 0 atom stereocenters. The van der Waals surface area contributed by atoms with Gasteiger partial charge in [0.15, 0.2) is 0 Å². The maximum absolute atomic E-state index is 8.94. The lowest BCUT2D eigenvalue weighted by Gasteiger charge is -2.04. The summed E-state index contributed by atoms with van der Waals surface area (Å²) in [5.74, 6) is 5.68. The highest BCUT2D eigenvalue weighted by Crippen LogP contribution is 2.34. The molecule has 0 amide bonds. The predicted octanol–water partition coefficient (Wildman–Crippen LogP) is 5.09. The minimum atomic E-state index is -0.0912. The zero-order valence-corrected chi connectivity index (χ0v) is 20.1. The topological polar surface area (TPSA) is 156 Å². The zero-order valence-electron chi connectivity index (χ0n) is 20.1. The molecule has 0 unspecified atom stereocenters. The van der Waals surface area contributed by atoms with Crippen LogP contribution in [0.3, 0.4) is 0 Å². The van der Waals surface area contributed by atoms with Crippen molar-refractivity contribution in [1.82, 2.24) is 15.4 Å². The molecule has 0 fully saturated rings. The number of H-pyrrole nitrogens is 1. The van der Waals surface area contributed by atoms with Gasteiger partial charge in [0.25, 0.3) is 0 Å². The van der Waals surface area contributed by atoms with Gasteiger partial charge in [-0.25, -0.2) is 4.98 Å². The van der Waals surface area contributed by atoms with Crippen molar-refractivity contribution in [2.45, 2.75) is 6.42 Å². The van der Waals surface area contributed by atoms with Gasteiger partial charge in [0.2, 0.25) is 5.90 Å². The molecule has 1 aliphatic heterocycles. The zero-order chi connectivity index (χ0) is 26.2. The molecule has 7 N–H and O–H groups in total. The van der Waals surface area contributed by atoms with E-state index in [4.69, 9.17) is 31.9 Å². The van der Waals surface area contributed by atoms with Gasteiger partial charge in [-0.2, -0.15) is 5.90 Å². The lowest BCUT2D eigenvalue weighted by atomic mass is 9.99. The van der Waals surface area contributed by atoms with Crippen LogP contribution < -0.4 is 11.4 Å². The lowest BCUT2D eigenvalue weighted by molar-refractivity contribution is 0.234. The fourth-order valence-electron chi connectivity index (χ4n) is 4.59. The van der Waals surface area contributed by atoms with Crippen LogP contribution in [0.25, 0.3) is 33.5 Å². The predicted molar refractivity (Wildman–Crippen MR) is 147 cm³/mol. The second kappa shape index (κ2) is 9.40. The molecule has 0 spiro atoms. The minimum Gasteiger partial charge on any atom is -0.391 e. The highest BCUT2D eigenvalue weighted by Gasteiger charge is 2.17. The van der Waals surface area contributed by atoms with Gasteiger partial charge in [0.05, 0.1) is 22.4 Å². The Kier molecular flexibility index (Phi) is 5.76. The normalized spacial score (nSPS) is 12.2. The van der Waals surface area contributed by atoms with Gasteiger partial charge in [-0.15, -0.1) is 0 Å². The first-order chi connectivity index (χ1) is 18.5. The van der Waals surface area contributed by atoms with Crippen LogP contribution in [-0.4, -0.2) is 32.6 Å². The minimum absolute atomic E-state index is 0.0456. The Labute approximate surface area is 217 Å². The Hall–Kier alpha value is -5.12. The smallest absolute Gasteiger partial charge is 0.237 e. The second-order valence-corrected chi connectivity index (χ2v) is 8.98. The van der Waals surface area contributed by atoms with Crippen molar-refractivity contribution in [2.75, 3.05) is 0 Å². The number of imidazole rings is 1. The van der Waals surface area contributed by atoms with Crippen LogP contribution in [0.5, 0.6) is 0 Å². The fraction of sp³-hybridized carbons (Fsp3) is 0.0345. The monoisotopic (exact) mass is 501 g/mol. The van der Waals surface area contributed by atoms with Crippen LogP contribution in [0.1, 0.15) is 22.3 Å². The molecule has 5 aromatic rings. The number of amidine groups is 1. The van der Waals surface area contributed by atoms with E-state index in [1.165, 1.54) is 0 Å². The second-order valence-electron chi connectivity index (χ2n) is 8.98. The van der Waals surface area contributed by atoms with Crippen molar-refractivity contribution in [2.24, 2.45) is 10.9 Å². The lowest BCUT2D eigenvalue weighted by Crippen LogP contribution is -2.18. The van der Waals surface area contributed by atoms with Crippen molar-refractivity contribution in [3.63, 3.8) is 0 Å². The summed E-state index contributed by atoms with van der Waals surface area (Å²) in [6.45, 7) is 0. The number of aromatic nitrogens is 2. The largest absolute Gasteiger partial charge is 0.391 e. The van der Waals surface area contributed by atoms with Crippen LogP contribution in [0.15, 0.2) is 89.9 Å². The van der Waals surface area contributed by atoms with E-state index in [2.05, 4.69) is 40.2 Å².